The number of hydrogen-bond acceptors (Lipinski definition) is 6. The third kappa shape index (κ3) is 3.19. The molecule has 1 fully saturated rings. The number of anilines is 2. The van der Waals surface area contributed by atoms with E-state index in [9.17, 15) is 41.3 Å². The number of fused-ring (bicyclic) bond motifs is 2. The van der Waals surface area contributed by atoms with E-state index in [4.69, 9.17) is 0 Å². The van der Waals surface area contributed by atoms with E-state index in [0.717, 1.165) is 35.2 Å². The zero-order chi connectivity index (χ0) is 26.0. The molecule has 1 atom stereocenters. The molecule has 0 N–H and O–H groups in total. The Hall–Kier alpha value is -4.26. The van der Waals surface area contributed by atoms with Gasteiger partial charge in [0.15, 0.2) is 21.5 Å². The van der Waals surface area contributed by atoms with Crippen molar-refractivity contribution in [3.05, 3.63) is 99.4 Å². The molecular formula is C23H14F3N3O6S. The lowest BCUT2D eigenvalue weighted by atomic mass is 10.0. The maximum atomic E-state index is 14.1. The number of nitro benzene ring substituents is 1. The summed E-state index contributed by atoms with van der Waals surface area (Å²) >= 11 is 0. The third-order valence-corrected chi connectivity index (χ3v) is 8.23. The van der Waals surface area contributed by atoms with E-state index in [2.05, 4.69) is 0 Å². The number of rotatable bonds is 4. The first-order chi connectivity index (χ1) is 17.0. The molecule has 0 bridgehead atoms. The van der Waals surface area contributed by atoms with Crippen molar-refractivity contribution in [2.24, 2.45) is 0 Å². The zero-order valence-corrected chi connectivity index (χ0v) is 18.8. The highest BCUT2D eigenvalue weighted by atomic mass is 32.2. The fraction of sp³-hybridized carbons (Fsp3) is 0.130. The average Bonchev–Trinajstić information content (AvgIpc) is 3.19. The van der Waals surface area contributed by atoms with E-state index < -0.39 is 66.0 Å². The first kappa shape index (κ1) is 23.5. The Morgan fingerprint density at radius 1 is 0.944 bits per heavy atom. The molecule has 36 heavy (non-hydrogen) atoms. The SMILES string of the molecule is O=C1CS(=O)(=O)C2(C(=O)N(Cc3ccc(F)cc3)c3ccc([N+](=O)[O-])cc32)N1c1ccc(F)c(F)c1. The van der Waals surface area contributed by atoms with Crippen molar-refractivity contribution in [2.75, 3.05) is 15.6 Å². The van der Waals surface area contributed by atoms with Gasteiger partial charge in [0.25, 0.3) is 16.5 Å². The molecule has 1 unspecified atom stereocenters. The van der Waals surface area contributed by atoms with E-state index in [-0.39, 0.29) is 17.8 Å². The van der Waals surface area contributed by atoms with Crippen LogP contribution >= 0.6 is 0 Å². The van der Waals surface area contributed by atoms with Crippen molar-refractivity contribution >= 4 is 38.7 Å². The van der Waals surface area contributed by atoms with Crippen LogP contribution in [0.5, 0.6) is 0 Å². The molecule has 13 heteroatoms. The van der Waals surface area contributed by atoms with Crippen molar-refractivity contribution in [1.82, 2.24) is 0 Å². The molecule has 2 aliphatic heterocycles. The molecule has 2 aliphatic rings. The highest BCUT2D eigenvalue weighted by Crippen LogP contribution is 2.53. The minimum absolute atomic E-state index is 0.0409. The van der Waals surface area contributed by atoms with Crippen LogP contribution in [-0.2, 0) is 30.8 Å². The minimum Gasteiger partial charge on any atom is -0.304 e. The van der Waals surface area contributed by atoms with Crippen LogP contribution in [0.1, 0.15) is 11.1 Å². The molecule has 5 rings (SSSR count). The summed E-state index contributed by atoms with van der Waals surface area (Å²) < 4.78 is 68.2. The number of carbonyl (C=O) groups excluding carboxylic acids is 2. The van der Waals surface area contributed by atoms with Gasteiger partial charge in [0.2, 0.25) is 5.91 Å². The van der Waals surface area contributed by atoms with Gasteiger partial charge in [-0.2, -0.15) is 0 Å². The standard InChI is InChI=1S/C23H14F3N3O6S/c24-14-3-1-13(2-4-14)11-27-20-8-6-16(29(32)33)9-17(20)23(22(27)31)28(21(30)12-36(23,34)35)15-5-7-18(25)19(26)10-15/h1-10H,11-12H2. The predicted molar refractivity (Wildman–Crippen MR) is 120 cm³/mol. The van der Waals surface area contributed by atoms with Gasteiger partial charge < -0.3 is 4.90 Å². The lowest BCUT2D eigenvalue weighted by molar-refractivity contribution is -0.384. The van der Waals surface area contributed by atoms with Crippen LogP contribution in [0.3, 0.4) is 0 Å². The van der Waals surface area contributed by atoms with Gasteiger partial charge in [-0.25, -0.2) is 21.6 Å². The predicted octanol–water partition coefficient (Wildman–Crippen LogP) is 3.17. The fourth-order valence-corrected chi connectivity index (χ4v) is 6.62. The van der Waals surface area contributed by atoms with Gasteiger partial charge in [-0.3, -0.25) is 24.6 Å². The van der Waals surface area contributed by atoms with Crippen molar-refractivity contribution < 1.29 is 36.1 Å². The number of nitrogens with zero attached hydrogens (tertiary/aromatic N) is 3. The highest BCUT2D eigenvalue weighted by molar-refractivity contribution is 7.94. The molecule has 3 aromatic rings. The average molecular weight is 517 g/mol. The quantitative estimate of drug-likeness (QED) is 0.388. The van der Waals surface area contributed by atoms with E-state index in [1.54, 1.807) is 0 Å². The summed E-state index contributed by atoms with van der Waals surface area (Å²) in [4.78, 5) is 36.4. The Kier molecular flexibility index (Phi) is 5.14. The number of nitro groups is 1. The van der Waals surface area contributed by atoms with Crippen LogP contribution in [-0.4, -0.2) is 30.9 Å². The summed E-state index contributed by atoms with van der Waals surface area (Å²) in [6.45, 7) is -0.263. The molecule has 2 amide bonds. The number of benzene rings is 3. The van der Waals surface area contributed by atoms with Crippen molar-refractivity contribution in [3.63, 3.8) is 0 Å². The molecule has 1 saturated heterocycles. The Labute approximate surface area is 201 Å². The van der Waals surface area contributed by atoms with Gasteiger partial charge in [0.05, 0.1) is 17.2 Å². The second-order valence-corrected chi connectivity index (χ2v) is 10.3. The van der Waals surface area contributed by atoms with Crippen LogP contribution in [0.15, 0.2) is 60.7 Å². The van der Waals surface area contributed by atoms with Crippen molar-refractivity contribution in [3.8, 4) is 0 Å². The number of halogens is 3. The molecule has 0 radical (unpaired) electrons. The van der Waals surface area contributed by atoms with Gasteiger partial charge >= 0.3 is 0 Å². The van der Waals surface area contributed by atoms with Crippen LogP contribution in [0.4, 0.5) is 30.2 Å². The molecule has 3 aromatic carbocycles. The van der Waals surface area contributed by atoms with E-state index in [0.29, 0.717) is 22.6 Å². The van der Waals surface area contributed by atoms with Gasteiger partial charge in [0.1, 0.15) is 11.6 Å². The number of amides is 2. The first-order valence-electron chi connectivity index (χ1n) is 10.3. The number of non-ortho nitro benzene ring substituents is 1. The van der Waals surface area contributed by atoms with Gasteiger partial charge in [-0.05, 0) is 35.9 Å². The van der Waals surface area contributed by atoms with Gasteiger partial charge in [-0.1, -0.05) is 12.1 Å². The maximum absolute atomic E-state index is 14.1. The summed E-state index contributed by atoms with van der Waals surface area (Å²) in [5.74, 6) is -6.60. The second kappa shape index (κ2) is 7.88. The van der Waals surface area contributed by atoms with E-state index in [1.807, 2.05) is 0 Å². The number of hydrogen-bond donors (Lipinski definition) is 0. The van der Waals surface area contributed by atoms with Crippen molar-refractivity contribution in [1.29, 1.82) is 0 Å². The summed E-state index contributed by atoms with van der Waals surface area (Å²) in [5.41, 5.74) is -0.994. The molecule has 2 heterocycles. The molecule has 0 aromatic heterocycles. The summed E-state index contributed by atoms with van der Waals surface area (Å²) in [7, 11) is -4.71. The van der Waals surface area contributed by atoms with E-state index in [1.165, 1.54) is 18.2 Å². The first-order valence-corrected chi connectivity index (χ1v) is 12.0. The molecular weight excluding hydrogens is 503 g/mol. The zero-order valence-electron chi connectivity index (χ0n) is 18.0. The second-order valence-electron chi connectivity index (χ2n) is 8.21. The molecule has 0 saturated carbocycles. The largest absolute Gasteiger partial charge is 0.304 e. The maximum Gasteiger partial charge on any atom is 0.274 e. The Morgan fingerprint density at radius 3 is 2.28 bits per heavy atom. The normalized spacial score (nSPS) is 20.3. The van der Waals surface area contributed by atoms with E-state index >= 15 is 0 Å². The topological polar surface area (TPSA) is 118 Å². The van der Waals surface area contributed by atoms with Crippen LogP contribution < -0.4 is 9.80 Å². The Morgan fingerprint density at radius 2 is 1.64 bits per heavy atom. The van der Waals surface area contributed by atoms with Gasteiger partial charge in [-0.15, -0.1) is 0 Å². The third-order valence-electron chi connectivity index (χ3n) is 6.13. The Balaban J connectivity index is 1.79. The fourth-order valence-electron chi connectivity index (χ4n) is 4.59. The highest BCUT2D eigenvalue weighted by Gasteiger charge is 2.70. The lowest BCUT2D eigenvalue weighted by Crippen LogP contribution is -2.54. The summed E-state index contributed by atoms with van der Waals surface area (Å²) in [5, 5.41) is 11.5. The monoisotopic (exact) mass is 517 g/mol. The van der Waals surface area contributed by atoms with Gasteiger partial charge in [0, 0.05) is 29.4 Å². The van der Waals surface area contributed by atoms with Crippen LogP contribution in [0, 0.1) is 27.6 Å². The number of sulfone groups is 1. The van der Waals surface area contributed by atoms with Crippen LogP contribution in [0.2, 0.25) is 0 Å². The minimum atomic E-state index is -4.71. The lowest BCUT2D eigenvalue weighted by Gasteiger charge is -2.32. The number of carbonyl (C=O) groups is 2. The molecule has 184 valence electrons. The Bertz CT molecular complexity index is 1580. The smallest absolute Gasteiger partial charge is 0.274 e. The molecule has 0 aliphatic carbocycles. The summed E-state index contributed by atoms with van der Waals surface area (Å²) in [6.07, 6.45) is 0. The molecule has 9 nitrogen and oxygen atoms in total. The van der Waals surface area contributed by atoms with Crippen LogP contribution in [0.25, 0.3) is 0 Å². The summed E-state index contributed by atoms with van der Waals surface area (Å²) in [6, 6.07) is 10.3. The molecule has 1 spiro atoms. The van der Waals surface area contributed by atoms with Crippen molar-refractivity contribution in [2.45, 2.75) is 11.4 Å².